The molecule has 0 aliphatic carbocycles. The van der Waals surface area contributed by atoms with E-state index in [0.29, 0.717) is 10.9 Å². The number of hydrogen-bond donors (Lipinski definition) is 1. The van der Waals surface area contributed by atoms with E-state index in [4.69, 9.17) is 10.00 Å². The number of nitrogens with one attached hydrogen (secondary N) is 1. The molecular formula is C20H15FN4O4. The molecule has 0 atom stereocenters. The highest BCUT2D eigenvalue weighted by molar-refractivity contribution is 5.96. The van der Waals surface area contributed by atoms with Gasteiger partial charge in [0, 0.05) is 0 Å². The normalized spacial score (nSPS) is 10.3. The minimum atomic E-state index is -0.805. The molecule has 1 amide bonds. The van der Waals surface area contributed by atoms with Crippen molar-refractivity contribution >= 4 is 22.8 Å². The van der Waals surface area contributed by atoms with Crippen LogP contribution in [0, 0.1) is 17.1 Å². The van der Waals surface area contributed by atoms with Gasteiger partial charge in [0.15, 0.2) is 5.82 Å². The summed E-state index contributed by atoms with van der Waals surface area (Å²) in [4.78, 5) is 40.7. The van der Waals surface area contributed by atoms with E-state index in [9.17, 15) is 18.8 Å². The van der Waals surface area contributed by atoms with Crippen molar-refractivity contribution < 1.29 is 18.7 Å². The van der Waals surface area contributed by atoms with Crippen LogP contribution in [0.5, 0.6) is 0 Å². The van der Waals surface area contributed by atoms with Gasteiger partial charge >= 0.3 is 5.97 Å². The van der Waals surface area contributed by atoms with Crippen LogP contribution >= 0.6 is 0 Å². The summed E-state index contributed by atoms with van der Waals surface area (Å²) in [6.45, 7) is -1.12. The van der Waals surface area contributed by atoms with E-state index in [2.05, 4.69) is 10.3 Å². The molecule has 0 aliphatic rings. The molecule has 1 heterocycles. The Balaban J connectivity index is 1.68. The maximum atomic E-state index is 13.6. The molecule has 0 aliphatic heterocycles. The molecule has 29 heavy (non-hydrogen) atoms. The molecule has 8 nitrogen and oxygen atoms in total. The van der Waals surface area contributed by atoms with Gasteiger partial charge in [0.2, 0.25) is 0 Å². The predicted octanol–water partition coefficient (Wildman–Crippen LogP) is 1.53. The van der Waals surface area contributed by atoms with E-state index in [1.807, 2.05) is 6.07 Å². The fourth-order valence-corrected chi connectivity index (χ4v) is 2.65. The molecule has 146 valence electrons. The van der Waals surface area contributed by atoms with Crippen molar-refractivity contribution in [1.29, 1.82) is 5.26 Å². The van der Waals surface area contributed by atoms with Crippen LogP contribution in [0.4, 0.5) is 4.39 Å². The average Bonchev–Trinajstić information content (AvgIpc) is 2.73. The summed E-state index contributed by atoms with van der Waals surface area (Å²) in [5.41, 5.74) is -0.207. The quantitative estimate of drug-likeness (QED) is 0.634. The van der Waals surface area contributed by atoms with Gasteiger partial charge in [-0.2, -0.15) is 5.26 Å². The lowest BCUT2D eigenvalue weighted by Gasteiger charge is -2.11. The van der Waals surface area contributed by atoms with Crippen molar-refractivity contribution in [1.82, 2.24) is 14.9 Å². The molecule has 0 spiro atoms. The molecule has 0 bridgehead atoms. The second-order valence-electron chi connectivity index (χ2n) is 5.92. The van der Waals surface area contributed by atoms with Crippen molar-refractivity contribution in [3.8, 4) is 6.07 Å². The van der Waals surface area contributed by atoms with E-state index in [1.54, 1.807) is 24.3 Å². The van der Waals surface area contributed by atoms with Gasteiger partial charge < -0.3 is 10.1 Å². The summed E-state index contributed by atoms with van der Waals surface area (Å²) >= 11 is 0. The predicted molar refractivity (Wildman–Crippen MR) is 100 cm³/mol. The van der Waals surface area contributed by atoms with Crippen molar-refractivity contribution in [3.63, 3.8) is 0 Å². The second kappa shape index (κ2) is 8.75. The molecule has 0 fully saturated rings. The number of hydrogen-bond acceptors (Lipinski definition) is 6. The Kier molecular flexibility index (Phi) is 5.94. The number of benzene rings is 2. The van der Waals surface area contributed by atoms with E-state index in [-0.39, 0.29) is 24.5 Å². The fraction of sp³-hybridized carbons (Fsp3) is 0.150. The van der Waals surface area contributed by atoms with Gasteiger partial charge in [-0.15, -0.1) is 0 Å². The molecule has 3 aromatic rings. The first-order valence-electron chi connectivity index (χ1n) is 8.55. The van der Waals surface area contributed by atoms with Crippen LogP contribution < -0.4 is 10.9 Å². The van der Waals surface area contributed by atoms with E-state index in [1.165, 1.54) is 18.2 Å². The third kappa shape index (κ3) is 4.44. The van der Waals surface area contributed by atoms with Crippen LogP contribution in [0.15, 0.2) is 53.3 Å². The number of nitrogens with zero attached hydrogens (tertiary/aromatic N) is 3. The first-order valence-corrected chi connectivity index (χ1v) is 8.55. The number of halogens is 1. The molecule has 9 heteroatoms. The Morgan fingerprint density at radius 2 is 1.90 bits per heavy atom. The zero-order valence-electron chi connectivity index (χ0n) is 15.1. The number of aromatic nitrogens is 2. The Bertz CT molecular complexity index is 1180. The summed E-state index contributed by atoms with van der Waals surface area (Å²) in [5, 5.41) is 11.6. The topological polar surface area (TPSA) is 114 Å². The number of rotatable bonds is 6. The lowest BCUT2D eigenvalue weighted by Crippen LogP contribution is -2.32. The Morgan fingerprint density at radius 3 is 2.66 bits per heavy atom. The summed E-state index contributed by atoms with van der Waals surface area (Å²) in [6.07, 6.45) is 0. The summed E-state index contributed by atoms with van der Waals surface area (Å²) in [7, 11) is 0. The number of fused-ring (bicyclic) bond motifs is 1. The van der Waals surface area contributed by atoms with Gasteiger partial charge in [0.1, 0.15) is 25.5 Å². The van der Waals surface area contributed by atoms with Gasteiger partial charge in [-0.25, -0.2) is 9.37 Å². The Labute approximate surface area is 164 Å². The third-order valence-corrected chi connectivity index (χ3v) is 4.04. The van der Waals surface area contributed by atoms with E-state index >= 15 is 0 Å². The highest BCUT2D eigenvalue weighted by Crippen LogP contribution is 2.09. The van der Waals surface area contributed by atoms with Gasteiger partial charge in [0.05, 0.1) is 22.5 Å². The van der Waals surface area contributed by atoms with Crippen LogP contribution in [0.1, 0.15) is 16.2 Å². The fourth-order valence-electron chi connectivity index (χ4n) is 2.65. The number of ether oxygens (including phenoxy) is 1. The number of para-hydroxylation sites is 1. The maximum Gasteiger partial charge on any atom is 0.325 e. The summed E-state index contributed by atoms with van der Waals surface area (Å²) in [5.74, 6) is -2.17. The first kappa shape index (κ1) is 19.7. The molecule has 3 rings (SSSR count). The summed E-state index contributed by atoms with van der Waals surface area (Å²) in [6, 6.07) is 13.8. The molecule has 1 aromatic heterocycles. The SMILES string of the molecule is N#CCn1c(COC(=O)CNC(=O)c2ccccc2F)nc2ccccc2c1=O. The highest BCUT2D eigenvalue weighted by Gasteiger charge is 2.15. The molecular weight excluding hydrogens is 379 g/mol. The lowest BCUT2D eigenvalue weighted by molar-refractivity contribution is -0.144. The maximum absolute atomic E-state index is 13.6. The Hall–Kier alpha value is -4.06. The number of amides is 1. The molecule has 0 radical (unpaired) electrons. The number of carbonyl (C=O) groups excluding carboxylic acids is 2. The molecule has 2 aromatic carbocycles. The van der Waals surface area contributed by atoms with Crippen LogP contribution in [0.25, 0.3) is 10.9 Å². The number of esters is 1. The molecule has 0 saturated carbocycles. The van der Waals surface area contributed by atoms with Crippen molar-refractivity contribution in [3.05, 3.63) is 76.1 Å². The zero-order valence-corrected chi connectivity index (χ0v) is 15.1. The largest absolute Gasteiger partial charge is 0.456 e. The van der Waals surface area contributed by atoms with E-state index < -0.39 is 29.8 Å². The average molecular weight is 394 g/mol. The standard InChI is InChI=1S/C20H15FN4O4/c21-15-7-3-1-5-13(15)19(27)23-11-18(26)29-12-17-24-16-8-4-2-6-14(16)20(28)25(17)10-9-22/h1-8H,10-12H2,(H,23,27). The molecule has 1 N–H and O–H groups in total. The Morgan fingerprint density at radius 1 is 1.17 bits per heavy atom. The number of nitriles is 1. The minimum absolute atomic E-state index is 0.101. The van der Waals surface area contributed by atoms with Crippen molar-refractivity contribution in [2.24, 2.45) is 0 Å². The zero-order chi connectivity index (χ0) is 20.8. The van der Waals surface area contributed by atoms with Crippen molar-refractivity contribution in [2.75, 3.05) is 6.54 Å². The molecule has 0 unspecified atom stereocenters. The smallest absolute Gasteiger partial charge is 0.325 e. The van der Waals surface area contributed by atoms with Crippen molar-refractivity contribution in [2.45, 2.75) is 13.2 Å². The molecule has 0 saturated heterocycles. The van der Waals surface area contributed by atoms with Crippen LogP contribution in [0.3, 0.4) is 0 Å². The van der Waals surface area contributed by atoms with Gasteiger partial charge in [0.25, 0.3) is 11.5 Å². The van der Waals surface area contributed by atoms with Gasteiger partial charge in [-0.1, -0.05) is 24.3 Å². The third-order valence-electron chi connectivity index (χ3n) is 4.04. The van der Waals surface area contributed by atoms with E-state index in [0.717, 1.165) is 10.6 Å². The highest BCUT2D eigenvalue weighted by atomic mass is 19.1. The monoisotopic (exact) mass is 394 g/mol. The van der Waals surface area contributed by atoms with Gasteiger partial charge in [-0.05, 0) is 24.3 Å². The second-order valence-corrected chi connectivity index (χ2v) is 5.92. The van der Waals surface area contributed by atoms with Crippen LogP contribution in [-0.2, 0) is 22.7 Å². The first-order chi connectivity index (χ1) is 14.0. The van der Waals surface area contributed by atoms with Crippen LogP contribution in [-0.4, -0.2) is 28.0 Å². The number of carbonyl (C=O) groups is 2. The lowest BCUT2D eigenvalue weighted by atomic mass is 10.2. The van der Waals surface area contributed by atoms with Crippen LogP contribution in [0.2, 0.25) is 0 Å². The van der Waals surface area contributed by atoms with Gasteiger partial charge in [-0.3, -0.25) is 19.0 Å². The summed E-state index contributed by atoms with van der Waals surface area (Å²) < 4.78 is 19.7. The minimum Gasteiger partial charge on any atom is -0.456 e.